The van der Waals surface area contributed by atoms with Crippen LogP contribution in [-0.4, -0.2) is 11.7 Å². The zero-order valence-corrected chi connectivity index (χ0v) is 7.20. The lowest BCUT2D eigenvalue weighted by Crippen LogP contribution is -2.05. The van der Waals surface area contributed by atoms with E-state index in [1.54, 1.807) is 18.2 Å². The third-order valence-electron chi connectivity index (χ3n) is 1.76. The molecule has 1 aromatic carbocycles. The maximum absolute atomic E-state index is 12.1. The number of aromatic hydroxyl groups is 1. The summed E-state index contributed by atoms with van der Waals surface area (Å²) in [6.45, 7) is 0.201. The van der Waals surface area contributed by atoms with Crippen molar-refractivity contribution < 1.29 is 9.50 Å². The predicted molar refractivity (Wildman–Crippen MR) is 50.1 cm³/mol. The topological polar surface area (TPSA) is 46.2 Å². The van der Waals surface area contributed by atoms with Gasteiger partial charge in [0.15, 0.2) is 0 Å². The number of phenolic OH excluding ortho intramolecular Hbond substituents is 1. The van der Waals surface area contributed by atoms with Crippen LogP contribution in [0.3, 0.4) is 0 Å². The average Bonchev–Trinajstić information content (AvgIpc) is 2.14. The maximum atomic E-state index is 12.1. The standard InChI is InChI=1S/C10H12FNO/c11-6-9(7-12)4-8-2-1-3-10(13)5-8/h1-3,5-6,13H,4,7,12H2/b9-6-. The minimum absolute atomic E-state index is 0.188. The summed E-state index contributed by atoms with van der Waals surface area (Å²) in [6, 6.07) is 6.71. The lowest BCUT2D eigenvalue weighted by atomic mass is 10.1. The summed E-state index contributed by atoms with van der Waals surface area (Å²) in [7, 11) is 0. The maximum Gasteiger partial charge on any atom is 0.115 e. The fourth-order valence-corrected chi connectivity index (χ4v) is 1.08. The number of phenols is 1. The van der Waals surface area contributed by atoms with Crippen molar-refractivity contribution in [2.75, 3.05) is 6.54 Å². The monoisotopic (exact) mass is 181 g/mol. The van der Waals surface area contributed by atoms with Crippen LogP contribution in [-0.2, 0) is 6.42 Å². The second kappa shape index (κ2) is 4.62. The smallest absolute Gasteiger partial charge is 0.115 e. The molecule has 0 unspecified atom stereocenters. The molecule has 0 aliphatic heterocycles. The number of nitrogens with two attached hydrogens (primary N) is 1. The van der Waals surface area contributed by atoms with Crippen LogP contribution in [0.15, 0.2) is 36.2 Å². The van der Waals surface area contributed by atoms with E-state index in [1.165, 1.54) is 0 Å². The quantitative estimate of drug-likeness (QED) is 0.746. The summed E-state index contributed by atoms with van der Waals surface area (Å²) in [5.41, 5.74) is 6.67. The molecule has 2 nitrogen and oxygen atoms in total. The highest BCUT2D eigenvalue weighted by atomic mass is 19.1. The largest absolute Gasteiger partial charge is 0.508 e. The van der Waals surface area contributed by atoms with Crippen molar-refractivity contribution in [1.82, 2.24) is 0 Å². The van der Waals surface area contributed by atoms with Crippen LogP contribution in [0, 0.1) is 0 Å². The molecule has 0 amide bonds. The van der Waals surface area contributed by atoms with Crippen LogP contribution >= 0.6 is 0 Å². The first-order chi connectivity index (χ1) is 6.26. The van der Waals surface area contributed by atoms with Crippen molar-refractivity contribution in [3.8, 4) is 5.75 Å². The first-order valence-electron chi connectivity index (χ1n) is 4.02. The number of halogens is 1. The van der Waals surface area contributed by atoms with Crippen LogP contribution in [0.4, 0.5) is 4.39 Å². The average molecular weight is 181 g/mol. The molecule has 1 aromatic rings. The molecule has 0 fully saturated rings. The molecule has 13 heavy (non-hydrogen) atoms. The predicted octanol–water partition coefficient (Wildman–Crippen LogP) is 1.75. The first kappa shape index (κ1) is 9.74. The third kappa shape index (κ3) is 2.87. The summed E-state index contributed by atoms with van der Waals surface area (Å²) in [5.74, 6) is 0.188. The Balaban J connectivity index is 2.74. The van der Waals surface area contributed by atoms with E-state index in [1.807, 2.05) is 6.07 Å². The van der Waals surface area contributed by atoms with Gasteiger partial charge in [0, 0.05) is 6.54 Å². The molecule has 0 spiro atoms. The summed E-state index contributed by atoms with van der Waals surface area (Å²) < 4.78 is 12.1. The molecule has 0 aliphatic rings. The van der Waals surface area contributed by atoms with Crippen molar-refractivity contribution in [3.63, 3.8) is 0 Å². The Morgan fingerprint density at radius 1 is 1.54 bits per heavy atom. The highest BCUT2D eigenvalue weighted by molar-refractivity contribution is 5.30. The molecule has 0 saturated heterocycles. The summed E-state index contributed by atoms with van der Waals surface area (Å²) in [4.78, 5) is 0. The van der Waals surface area contributed by atoms with E-state index in [0.717, 1.165) is 5.56 Å². The van der Waals surface area contributed by atoms with Gasteiger partial charge in [-0.1, -0.05) is 12.1 Å². The van der Waals surface area contributed by atoms with Gasteiger partial charge >= 0.3 is 0 Å². The lowest BCUT2D eigenvalue weighted by molar-refractivity contribution is 0.474. The number of hydrogen-bond acceptors (Lipinski definition) is 2. The molecule has 0 bridgehead atoms. The molecule has 0 atom stereocenters. The fraction of sp³-hybridized carbons (Fsp3) is 0.200. The Morgan fingerprint density at radius 2 is 2.31 bits per heavy atom. The molecule has 0 aromatic heterocycles. The summed E-state index contributed by atoms with van der Waals surface area (Å²) in [5, 5.41) is 9.13. The normalized spacial score (nSPS) is 11.7. The molecule has 1 rings (SSSR count). The van der Waals surface area contributed by atoms with Gasteiger partial charge in [-0.15, -0.1) is 0 Å². The van der Waals surface area contributed by atoms with E-state index in [0.29, 0.717) is 18.3 Å². The van der Waals surface area contributed by atoms with Gasteiger partial charge < -0.3 is 10.8 Å². The van der Waals surface area contributed by atoms with Gasteiger partial charge in [0.2, 0.25) is 0 Å². The minimum atomic E-state index is 0.188. The molecule has 0 aliphatic carbocycles. The van der Waals surface area contributed by atoms with E-state index >= 15 is 0 Å². The Labute approximate surface area is 76.5 Å². The molecule has 3 heteroatoms. The van der Waals surface area contributed by atoms with Crippen molar-refractivity contribution in [1.29, 1.82) is 0 Å². The van der Waals surface area contributed by atoms with E-state index in [-0.39, 0.29) is 12.3 Å². The number of rotatable bonds is 3. The minimum Gasteiger partial charge on any atom is -0.508 e. The van der Waals surface area contributed by atoms with Crippen LogP contribution in [0.2, 0.25) is 0 Å². The van der Waals surface area contributed by atoms with Crippen LogP contribution in [0.25, 0.3) is 0 Å². The Bertz CT molecular complexity index is 310. The van der Waals surface area contributed by atoms with Gasteiger partial charge in [-0.05, 0) is 29.7 Å². The lowest BCUT2D eigenvalue weighted by Gasteiger charge is -2.02. The molecule has 70 valence electrons. The fourth-order valence-electron chi connectivity index (χ4n) is 1.08. The highest BCUT2D eigenvalue weighted by Crippen LogP contribution is 2.14. The van der Waals surface area contributed by atoms with Gasteiger partial charge in [0.1, 0.15) is 5.75 Å². The van der Waals surface area contributed by atoms with Crippen LogP contribution in [0.5, 0.6) is 5.75 Å². The van der Waals surface area contributed by atoms with E-state index in [4.69, 9.17) is 10.8 Å². The zero-order valence-electron chi connectivity index (χ0n) is 7.20. The summed E-state index contributed by atoms with van der Waals surface area (Å²) in [6.07, 6.45) is 0.964. The summed E-state index contributed by atoms with van der Waals surface area (Å²) >= 11 is 0. The number of benzene rings is 1. The van der Waals surface area contributed by atoms with Gasteiger partial charge in [-0.3, -0.25) is 0 Å². The first-order valence-corrected chi connectivity index (χ1v) is 4.02. The van der Waals surface area contributed by atoms with E-state index in [2.05, 4.69) is 0 Å². The van der Waals surface area contributed by atoms with Gasteiger partial charge in [0.25, 0.3) is 0 Å². The van der Waals surface area contributed by atoms with Gasteiger partial charge in [0.05, 0.1) is 6.33 Å². The van der Waals surface area contributed by atoms with Crippen molar-refractivity contribution in [2.45, 2.75) is 6.42 Å². The van der Waals surface area contributed by atoms with Crippen LogP contribution < -0.4 is 5.73 Å². The number of hydrogen-bond donors (Lipinski definition) is 2. The second-order valence-corrected chi connectivity index (χ2v) is 2.82. The van der Waals surface area contributed by atoms with Gasteiger partial charge in [-0.2, -0.15) is 0 Å². The molecule has 0 radical (unpaired) electrons. The molecule has 0 heterocycles. The van der Waals surface area contributed by atoms with Gasteiger partial charge in [-0.25, -0.2) is 4.39 Å². The Kier molecular flexibility index (Phi) is 3.46. The second-order valence-electron chi connectivity index (χ2n) is 2.82. The van der Waals surface area contributed by atoms with Crippen molar-refractivity contribution in [3.05, 3.63) is 41.7 Å². The Hall–Kier alpha value is -1.35. The van der Waals surface area contributed by atoms with Crippen molar-refractivity contribution >= 4 is 0 Å². The van der Waals surface area contributed by atoms with E-state index < -0.39 is 0 Å². The zero-order chi connectivity index (χ0) is 9.68. The third-order valence-corrected chi connectivity index (χ3v) is 1.76. The molecule has 3 N–H and O–H groups in total. The highest BCUT2D eigenvalue weighted by Gasteiger charge is 1.98. The van der Waals surface area contributed by atoms with E-state index in [9.17, 15) is 4.39 Å². The van der Waals surface area contributed by atoms with Crippen LogP contribution in [0.1, 0.15) is 5.56 Å². The SMILES string of the molecule is NC/C(=C\F)Cc1cccc(O)c1. The molecular formula is C10H12FNO. The molecule has 0 saturated carbocycles. The van der Waals surface area contributed by atoms with Crippen molar-refractivity contribution in [2.24, 2.45) is 5.73 Å². The molecular weight excluding hydrogens is 169 g/mol. The Morgan fingerprint density at radius 3 is 2.85 bits per heavy atom.